The van der Waals surface area contributed by atoms with Gasteiger partial charge in [0.2, 0.25) is 5.95 Å². The zero-order valence-electron chi connectivity index (χ0n) is 17.5. The number of carbonyl (C=O) groups is 1. The van der Waals surface area contributed by atoms with Crippen molar-refractivity contribution in [1.29, 1.82) is 0 Å². The standard InChI is InChI=1S/C25H23N5OS/c31-25-27-12-14-30(25)13-11-26-24-28-17-21(23(29-24)22-10-5-15-32-22)20-9-4-8-19(16-20)18-6-2-1-3-7-18/h1-10,15-17H,11-14H2,(H,27,31)(H,26,28,29). The highest BCUT2D eigenvalue weighted by Crippen LogP contribution is 2.35. The van der Waals surface area contributed by atoms with Gasteiger partial charge in [-0.05, 0) is 34.2 Å². The lowest BCUT2D eigenvalue weighted by molar-refractivity contribution is 0.219. The normalized spacial score (nSPS) is 13.2. The van der Waals surface area contributed by atoms with Gasteiger partial charge < -0.3 is 15.5 Å². The SMILES string of the molecule is O=C1NCCN1CCNc1ncc(-c2cccc(-c3ccccc3)c2)c(-c2cccs2)n1. The monoisotopic (exact) mass is 441 g/mol. The molecule has 160 valence electrons. The van der Waals surface area contributed by atoms with Crippen LogP contribution in [-0.2, 0) is 0 Å². The van der Waals surface area contributed by atoms with Gasteiger partial charge in [0.1, 0.15) is 0 Å². The zero-order valence-corrected chi connectivity index (χ0v) is 18.3. The molecule has 0 radical (unpaired) electrons. The van der Waals surface area contributed by atoms with Crippen LogP contribution >= 0.6 is 11.3 Å². The number of anilines is 1. The number of aromatic nitrogens is 2. The van der Waals surface area contributed by atoms with Gasteiger partial charge in [0, 0.05) is 37.9 Å². The molecule has 2 aromatic carbocycles. The van der Waals surface area contributed by atoms with E-state index in [1.807, 2.05) is 18.3 Å². The smallest absolute Gasteiger partial charge is 0.317 e. The van der Waals surface area contributed by atoms with Crippen molar-refractivity contribution in [2.24, 2.45) is 0 Å². The number of carbonyl (C=O) groups excluding carboxylic acids is 1. The minimum atomic E-state index is -0.0133. The Kier molecular flexibility index (Phi) is 5.81. The summed E-state index contributed by atoms with van der Waals surface area (Å²) in [5.74, 6) is 0.566. The predicted octanol–water partition coefficient (Wildman–Crippen LogP) is 4.98. The Labute approximate surface area is 191 Å². The van der Waals surface area contributed by atoms with E-state index >= 15 is 0 Å². The fourth-order valence-electron chi connectivity index (χ4n) is 3.80. The van der Waals surface area contributed by atoms with E-state index in [0.717, 1.165) is 33.8 Å². The first-order valence-corrected chi connectivity index (χ1v) is 11.5. The van der Waals surface area contributed by atoms with Crippen LogP contribution in [0.1, 0.15) is 0 Å². The summed E-state index contributed by atoms with van der Waals surface area (Å²) in [5, 5.41) is 8.14. The van der Waals surface area contributed by atoms with Crippen molar-refractivity contribution < 1.29 is 4.79 Å². The van der Waals surface area contributed by atoms with Gasteiger partial charge in [-0.1, -0.05) is 54.6 Å². The van der Waals surface area contributed by atoms with Gasteiger partial charge in [-0.3, -0.25) is 0 Å². The molecule has 2 aromatic heterocycles. The molecule has 5 rings (SSSR count). The molecule has 3 heterocycles. The molecule has 4 aromatic rings. The molecule has 1 aliphatic rings. The minimum Gasteiger partial charge on any atom is -0.352 e. The van der Waals surface area contributed by atoms with Crippen LogP contribution in [0.25, 0.3) is 32.8 Å². The molecule has 0 unspecified atom stereocenters. The summed E-state index contributed by atoms with van der Waals surface area (Å²) >= 11 is 1.66. The van der Waals surface area contributed by atoms with Crippen LogP contribution in [0, 0.1) is 0 Å². The van der Waals surface area contributed by atoms with E-state index in [1.165, 1.54) is 5.56 Å². The van der Waals surface area contributed by atoms with Crippen LogP contribution in [0.3, 0.4) is 0 Å². The van der Waals surface area contributed by atoms with Crippen molar-refractivity contribution in [3.8, 4) is 32.8 Å². The lowest BCUT2D eigenvalue weighted by Crippen LogP contribution is -2.32. The molecular weight excluding hydrogens is 418 g/mol. The second-order valence-electron chi connectivity index (χ2n) is 7.53. The molecule has 1 fully saturated rings. The van der Waals surface area contributed by atoms with Crippen molar-refractivity contribution >= 4 is 23.3 Å². The molecule has 0 atom stereocenters. The summed E-state index contributed by atoms with van der Waals surface area (Å²) in [6.07, 6.45) is 1.89. The Hall–Kier alpha value is -3.71. The first-order valence-electron chi connectivity index (χ1n) is 10.6. The lowest BCUT2D eigenvalue weighted by Gasteiger charge is -2.15. The van der Waals surface area contributed by atoms with Gasteiger partial charge in [0.05, 0.1) is 10.6 Å². The maximum atomic E-state index is 11.7. The average Bonchev–Trinajstić information content (AvgIpc) is 3.52. The summed E-state index contributed by atoms with van der Waals surface area (Å²) in [5.41, 5.74) is 5.31. The number of hydrogen-bond acceptors (Lipinski definition) is 5. The molecule has 1 aliphatic heterocycles. The van der Waals surface area contributed by atoms with Gasteiger partial charge >= 0.3 is 6.03 Å². The number of benzene rings is 2. The van der Waals surface area contributed by atoms with Crippen molar-refractivity contribution in [3.63, 3.8) is 0 Å². The number of nitrogens with zero attached hydrogens (tertiary/aromatic N) is 3. The first-order chi connectivity index (χ1) is 15.8. The van der Waals surface area contributed by atoms with Gasteiger partial charge in [0.15, 0.2) is 0 Å². The third-order valence-electron chi connectivity index (χ3n) is 5.43. The number of urea groups is 1. The highest BCUT2D eigenvalue weighted by molar-refractivity contribution is 7.13. The summed E-state index contributed by atoms with van der Waals surface area (Å²) in [7, 11) is 0. The molecule has 6 nitrogen and oxygen atoms in total. The van der Waals surface area contributed by atoms with Gasteiger partial charge in [-0.15, -0.1) is 11.3 Å². The molecule has 7 heteroatoms. The first kappa shape index (κ1) is 20.2. The van der Waals surface area contributed by atoms with Crippen molar-refractivity contribution in [2.45, 2.75) is 0 Å². The Bertz CT molecular complexity index is 1210. The predicted molar refractivity (Wildman–Crippen MR) is 130 cm³/mol. The molecule has 0 aliphatic carbocycles. The molecule has 0 spiro atoms. The lowest BCUT2D eigenvalue weighted by atomic mass is 9.98. The van der Waals surface area contributed by atoms with Crippen LogP contribution in [0.15, 0.2) is 78.3 Å². The molecule has 1 saturated heterocycles. The van der Waals surface area contributed by atoms with E-state index < -0.39 is 0 Å². The summed E-state index contributed by atoms with van der Waals surface area (Å²) in [6.45, 7) is 2.65. The van der Waals surface area contributed by atoms with Crippen LogP contribution in [0.4, 0.5) is 10.7 Å². The van der Waals surface area contributed by atoms with E-state index in [1.54, 1.807) is 16.2 Å². The average molecular weight is 442 g/mol. The molecule has 32 heavy (non-hydrogen) atoms. The van der Waals surface area contributed by atoms with Crippen molar-refractivity contribution in [1.82, 2.24) is 20.2 Å². The van der Waals surface area contributed by atoms with E-state index in [0.29, 0.717) is 25.6 Å². The second kappa shape index (κ2) is 9.20. The molecule has 0 bridgehead atoms. The van der Waals surface area contributed by atoms with Crippen LogP contribution in [0.5, 0.6) is 0 Å². The molecule has 0 saturated carbocycles. The van der Waals surface area contributed by atoms with Crippen LogP contribution in [0.2, 0.25) is 0 Å². The number of amides is 2. The van der Waals surface area contributed by atoms with Gasteiger partial charge in [-0.2, -0.15) is 0 Å². The summed E-state index contributed by atoms with van der Waals surface area (Å²) < 4.78 is 0. The minimum absolute atomic E-state index is 0.0133. The largest absolute Gasteiger partial charge is 0.352 e. The van der Waals surface area contributed by atoms with Crippen molar-refractivity contribution in [2.75, 3.05) is 31.5 Å². The molecule has 2 amide bonds. The van der Waals surface area contributed by atoms with Crippen LogP contribution in [-0.4, -0.2) is 47.1 Å². The quantitative estimate of drug-likeness (QED) is 0.425. The van der Waals surface area contributed by atoms with Gasteiger partial charge in [0.25, 0.3) is 0 Å². The van der Waals surface area contributed by atoms with Crippen molar-refractivity contribution in [3.05, 3.63) is 78.3 Å². The van der Waals surface area contributed by atoms with E-state index in [-0.39, 0.29) is 6.03 Å². The highest BCUT2D eigenvalue weighted by Gasteiger charge is 2.19. The van der Waals surface area contributed by atoms with E-state index in [2.05, 4.69) is 75.6 Å². The maximum Gasteiger partial charge on any atom is 0.317 e. The highest BCUT2D eigenvalue weighted by atomic mass is 32.1. The fourth-order valence-corrected chi connectivity index (χ4v) is 4.53. The second-order valence-corrected chi connectivity index (χ2v) is 8.47. The van der Waals surface area contributed by atoms with E-state index in [9.17, 15) is 4.79 Å². The fraction of sp³-hybridized carbons (Fsp3) is 0.160. The number of nitrogens with one attached hydrogen (secondary N) is 2. The number of hydrogen-bond donors (Lipinski definition) is 2. The third-order valence-corrected chi connectivity index (χ3v) is 6.31. The maximum absolute atomic E-state index is 11.7. The Morgan fingerprint density at radius 1 is 1.00 bits per heavy atom. The third kappa shape index (κ3) is 4.33. The Morgan fingerprint density at radius 2 is 1.84 bits per heavy atom. The Morgan fingerprint density at radius 3 is 2.62 bits per heavy atom. The van der Waals surface area contributed by atoms with Crippen LogP contribution < -0.4 is 10.6 Å². The molecule has 2 N–H and O–H groups in total. The van der Waals surface area contributed by atoms with E-state index in [4.69, 9.17) is 4.98 Å². The summed E-state index contributed by atoms with van der Waals surface area (Å²) in [4.78, 5) is 24.0. The number of rotatable bonds is 7. The summed E-state index contributed by atoms with van der Waals surface area (Å²) in [6, 6.07) is 22.9. The Balaban J connectivity index is 1.43. The number of thiophene rings is 1. The molecular formula is C25H23N5OS. The van der Waals surface area contributed by atoms with Gasteiger partial charge in [-0.25, -0.2) is 14.8 Å². The topological polar surface area (TPSA) is 70.2 Å². The zero-order chi connectivity index (χ0) is 21.8.